The first kappa shape index (κ1) is 25.2. The highest BCUT2D eigenvalue weighted by Gasteiger charge is 2.67. The van der Waals surface area contributed by atoms with E-state index in [9.17, 15) is 24.4 Å². The fraction of sp³-hybridized carbons (Fsp3) is 0.393. The topological polar surface area (TPSA) is 131 Å². The van der Waals surface area contributed by atoms with Crippen molar-refractivity contribution in [1.29, 1.82) is 0 Å². The number of hydrogen-bond donors (Lipinski definition) is 1. The molecule has 0 unspecified atom stereocenters. The number of anilines is 1. The van der Waals surface area contributed by atoms with Crippen LogP contribution in [0.25, 0.3) is 10.9 Å². The SMILES string of the molecule is CC(=O)O[C@@H](c1nc2ccccc2c(=O)n1[C@@H]1C[C@]2(OC1=O)c1ccccc1N1C(=O)[C@H](C)N(O)[C@H]12)C(C)C. The van der Waals surface area contributed by atoms with E-state index in [-0.39, 0.29) is 24.1 Å². The molecule has 1 N–H and O–H groups in total. The van der Waals surface area contributed by atoms with Gasteiger partial charge < -0.3 is 14.7 Å². The lowest BCUT2D eigenvalue weighted by Crippen LogP contribution is -2.50. The van der Waals surface area contributed by atoms with Gasteiger partial charge in [0.15, 0.2) is 23.7 Å². The number of para-hydroxylation sites is 2. The normalized spacial score (nSPS) is 26.8. The summed E-state index contributed by atoms with van der Waals surface area (Å²) < 4.78 is 13.0. The molecule has 3 aliphatic rings. The average molecular weight is 533 g/mol. The van der Waals surface area contributed by atoms with Crippen molar-refractivity contribution in [3.8, 4) is 0 Å². The van der Waals surface area contributed by atoms with Crippen molar-refractivity contribution in [1.82, 2.24) is 14.6 Å². The quantitative estimate of drug-likeness (QED) is 0.504. The van der Waals surface area contributed by atoms with Crippen LogP contribution in [0.15, 0.2) is 53.3 Å². The smallest absolute Gasteiger partial charge is 0.330 e. The number of nitrogens with zero attached hydrogens (tertiary/aromatic N) is 4. The summed E-state index contributed by atoms with van der Waals surface area (Å²) >= 11 is 0. The van der Waals surface area contributed by atoms with Crippen molar-refractivity contribution in [2.75, 3.05) is 4.90 Å². The first-order valence-corrected chi connectivity index (χ1v) is 12.9. The van der Waals surface area contributed by atoms with Crippen LogP contribution in [0.5, 0.6) is 0 Å². The van der Waals surface area contributed by atoms with E-state index in [1.54, 1.807) is 55.5 Å². The summed E-state index contributed by atoms with van der Waals surface area (Å²) in [5.41, 5.74) is -0.415. The number of hydroxylamine groups is 2. The maximum Gasteiger partial charge on any atom is 0.330 e. The highest BCUT2D eigenvalue weighted by molar-refractivity contribution is 6.02. The minimum Gasteiger partial charge on any atom is -0.454 e. The van der Waals surface area contributed by atoms with Crippen molar-refractivity contribution >= 4 is 34.4 Å². The number of rotatable bonds is 4. The number of fused-ring (bicyclic) bond motifs is 6. The maximum absolute atomic E-state index is 14.0. The Morgan fingerprint density at radius 1 is 1.13 bits per heavy atom. The molecule has 4 heterocycles. The van der Waals surface area contributed by atoms with Gasteiger partial charge in [-0.3, -0.25) is 23.9 Å². The number of aromatic nitrogens is 2. The van der Waals surface area contributed by atoms with Crippen molar-refractivity contribution in [3.63, 3.8) is 0 Å². The van der Waals surface area contributed by atoms with Gasteiger partial charge in [-0.1, -0.05) is 44.2 Å². The fourth-order valence-corrected chi connectivity index (χ4v) is 6.13. The van der Waals surface area contributed by atoms with Gasteiger partial charge in [0.1, 0.15) is 12.1 Å². The number of benzene rings is 2. The molecule has 6 rings (SSSR count). The van der Waals surface area contributed by atoms with Gasteiger partial charge in [-0.15, -0.1) is 0 Å². The summed E-state index contributed by atoms with van der Waals surface area (Å²) in [7, 11) is 0. The van der Waals surface area contributed by atoms with Crippen molar-refractivity contribution < 1.29 is 29.1 Å². The highest BCUT2D eigenvalue weighted by atomic mass is 16.6. The lowest BCUT2D eigenvalue weighted by atomic mass is 9.88. The molecule has 2 fully saturated rings. The third-order valence-corrected chi connectivity index (χ3v) is 7.87. The summed E-state index contributed by atoms with van der Waals surface area (Å²) in [6.45, 7) is 6.51. The molecule has 2 saturated heterocycles. The van der Waals surface area contributed by atoms with Crippen molar-refractivity contribution in [2.45, 2.75) is 64.1 Å². The summed E-state index contributed by atoms with van der Waals surface area (Å²) in [4.78, 5) is 59.1. The third-order valence-electron chi connectivity index (χ3n) is 7.87. The molecule has 1 spiro atoms. The van der Waals surface area contributed by atoms with Gasteiger partial charge in [-0.25, -0.2) is 9.78 Å². The summed E-state index contributed by atoms with van der Waals surface area (Å²) in [6.07, 6.45) is -1.98. The van der Waals surface area contributed by atoms with Gasteiger partial charge in [0, 0.05) is 18.9 Å². The van der Waals surface area contributed by atoms with E-state index in [4.69, 9.17) is 14.5 Å². The average Bonchev–Trinajstić information content (AvgIpc) is 3.47. The van der Waals surface area contributed by atoms with E-state index in [0.29, 0.717) is 22.2 Å². The standard InChI is InChI=1S/C28H28N4O7/c1-14(2)22(38-16(4)33)23-29-19-11-7-5-9-17(19)25(35)30(23)21-13-28(39-26(21)36)18-10-6-8-12-20(18)31-24(34)15(3)32(37)27(28)31/h5-12,14-15,21-22,27,37H,13H2,1-4H3/t15-,21+,22+,27-,28-/m0/s1. The Balaban J connectivity index is 1.56. The predicted molar refractivity (Wildman–Crippen MR) is 138 cm³/mol. The van der Waals surface area contributed by atoms with Crippen LogP contribution in [-0.4, -0.2) is 49.9 Å². The van der Waals surface area contributed by atoms with Gasteiger partial charge in [0.2, 0.25) is 5.91 Å². The van der Waals surface area contributed by atoms with Crippen molar-refractivity contribution in [3.05, 3.63) is 70.3 Å². The number of esters is 2. The molecule has 1 aromatic heterocycles. The first-order chi connectivity index (χ1) is 18.6. The summed E-state index contributed by atoms with van der Waals surface area (Å²) in [5.74, 6) is -1.74. The van der Waals surface area contributed by atoms with Gasteiger partial charge in [0.25, 0.3) is 5.56 Å². The molecule has 39 heavy (non-hydrogen) atoms. The molecular weight excluding hydrogens is 504 g/mol. The van der Waals surface area contributed by atoms with Gasteiger partial charge in [0.05, 0.1) is 16.6 Å². The largest absolute Gasteiger partial charge is 0.454 e. The minimum absolute atomic E-state index is 0.0567. The Hall–Kier alpha value is -4.09. The lowest BCUT2D eigenvalue weighted by Gasteiger charge is -2.33. The Kier molecular flexibility index (Phi) is 5.63. The number of ether oxygens (including phenoxy) is 2. The molecule has 0 aliphatic carbocycles. The second kappa shape index (κ2) is 8.72. The Morgan fingerprint density at radius 2 is 1.82 bits per heavy atom. The summed E-state index contributed by atoms with van der Waals surface area (Å²) in [5, 5.41) is 12.2. The second-order valence-electron chi connectivity index (χ2n) is 10.6. The lowest BCUT2D eigenvalue weighted by molar-refractivity contribution is -0.190. The molecular formula is C28H28N4O7. The Morgan fingerprint density at radius 3 is 2.54 bits per heavy atom. The van der Waals surface area contributed by atoms with E-state index < -0.39 is 47.5 Å². The minimum atomic E-state index is -1.44. The van der Waals surface area contributed by atoms with Crippen LogP contribution in [0.3, 0.4) is 0 Å². The molecule has 5 atom stereocenters. The number of amides is 1. The number of carbonyl (C=O) groups is 3. The van der Waals surface area contributed by atoms with E-state index in [1.165, 1.54) is 16.4 Å². The zero-order valence-corrected chi connectivity index (χ0v) is 21.9. The Bertz CT molecular complexity index is 1600. The summed E-state index contributed by atoms with van der Waals surface area (Å²) in [6, 6.07) is 11.8. The van der Waals surface area contributed by atoms with E-state index in [1.807, 2.05) is 13.8 Å². The number of carbonyl (C=O) groups excluding carboxylic acids is 3. The zero-order valence-electron chi connectivity index (χ0n) is 21.9. The van der Waals surface area contributed by atoms with E-state index >= 15 is 0 Å². The zero-order chi connectivity index (χ0) is 27.8. The van der Waals surface area contributed by atoms with Crippen LogP contribution < -0.4 is 10.5 Å². The number of hydrogen-bond acceptors (Lipinski definition) is 9. The van der Waals surface area contributed by atoms with Crippen LogP contribution in [-0.2, 0) is 29.5 Å². The molecule has 3 aromatic rings. The van der Waals surface area contributed by atoms with Crippen LogP contribution >= 0.6 is 0 Å². The molecule has 11 heteroatoms. The molecule has 2 aromatic carbocycles. The second-order valence-corrected chi connectivity index (χ2v) is 10.6. The van der Waals surface area contributed by atoms with E-state index in [2.05, 4.69) is 0 Å². The van der Waals surface area contributed by atoms with Crippen molar-refractivity contribution in [2.24, 2.45) is 5.92 Å². The highest BCUT2D eigenvalue weighted by Crippen LogP contribution is 2.57. The van der Waals surface area contributed by atoms with Crippen LogP contribution in [0.4, 0.5) is 5.69 Å². The van der Waals surface area contributed by atoms with Gasteiger partial charge in [-0.2, -0.15) is 5.06 Å². The molecule has 202 valence electrons. The molecule has 3 aliphatic heterocycles. The van der Waals surface area contributed by atoms with Crippen LogP contribution in [0, 0.1) is 5.92 Å². The van der Waals surface area contributed by atoms with Gasteiger partial charge in [-0.05, 0) is 31.0 Å². The molecule has 11 nitrogen and oxygen atoms in total. The molecule has 1 amide bonds. The van der Waals surface area contributed by atoms with E-state index in [0.717, 1.165) is 5.06 Å². The molecule has 0 bridgehead atoms. The Labute approximate surface area is 223 Å². The fourth-order valence-electron chi connectivity index (χ4n) is 6.13. The third kappa shape index (κ3) is 3.46. The predicted octanol–water partition coefficient (Wildman–Crippen LogP) is 2.81. The monoisotopic (exact) mass is 532 g/mol. The first-order valence-electron chi connectivity index (χ1n) is 12.9. The van der Waals surface area contributed by atoms with Crippen LogP contribution in [0.1, 0.15) is 57.6 Å². The van der Waals surface area contributed by atoms with Gasteiger partial charge >= 0.3 is 11.9 Å². The van der Waals surface area contributed by atoms with Crippen LogP contribution in [0.2, 0.25) is 0 Å². The maximum atomic E-state index is 14.0. The molecule has 0 radical (unpaired) electrons. The molecule has 0 saturated carbocycles.